The Morgan fingerprint density at radius 2 is 1.79 bits per heavy atom. The summed E-state index contributed by atoms with van der Waals surface area (Å²) in [6.45, 7) is 0. The fraction of sp³-hybridized carbons (Fsp3) is 0.0435. The van der Waals surface area contributed by atoms with Gasteiger partial charge in [-0.1, -0.05) is 6.07 Å². The lowest BCUT2D eigenvalue weighted by molar-refractivity contribution is 0.0997. The number of furan rings is 1. The highest BCUT2D eigenvalue weighted by Crippen LogP contribution is 2.25. The van der Waals surface area contributed by atoms with Crippen molar-refractivity contribution < 1.29 is 13.6 Å². The van der Waals surface area contributed by atoms with Gasteiger partial charge in [0.1, 0.15) is 11.6 Å². The molecule has 0 saturated heterocycles. The Balaban J connectivity index is 1.36. The van der Waals surface area contributed by atoms with E-state index >= 15 is 0 Å². The molecule has 2 heterocycles. The summed E-state index contributed by atoms with van der Waals surface area (Å²) in [5, 5.41) is 2.82. The third kappa shape index (κ3) is 4.92. The summed E-state index contributed by atoms with van der Waals surface area (Å²) in [5.74, 6) is 0.879. The molecule has 2 aromatic heterocycles. The van der Waals surface area contributed by atoms with E-state index in [1.165, 1.54) is 12.1 Å². The predicted octanol–water partition coefficient (Wildman–Crippen LogP) is 6.03. The lowest BCUT2D eigenvalue weighted by Crippen LogP contribution is -2.10. The van der Waals surface area contributed by atoms with Crippen molar-refractivity contribution in [2.24, 2.45) is 0 Å². The minimum Gasteiger partial charge on any atom is -0.451 e. The molecule has 1 amide bonds. The van der Waals surface area contributed by atoms with E-state index in [0.29, 0.717) is 17.0 Å². The number of carbonyl (C=O) groups is 1. The molecule has 0 spiro atoms. The van der Waals surface area contributed by atoms with Crippen LogP contribution in [0.5, 0.6) is 0 Å². The summed E-state index contributed by atoms with van der Waals surface area (Å²) in [4.78, 5) is 17.6. The van der Waals surface area contributed by atoms with Crippen LogP contribution in [0, 0.1) is 5.82 Å². The first-order valence-corrected chi connectivity index (χ1v) is 9.95. The van der Waals surface area contributed by atoms with Crippen LogP contribution in [0.1, 0.15) is 16.1 Å². The number of pyridine rings is 1. The highest BCUT2D eigenvalue weighted by molar-refractivity contribution is 7.98. The summed E-state index contributed by atoms with van der Waals surface area (Å²) in [7, 11) is 0. The molecule has 0 aliphatic carbocycles. The van der Waals surface area contributed by atoms with E-state index in [-0.39, 0.29) is 17.5 Å². The van der Waals surface area contributed by atoms with Crippen molar-refractivity contribution in [2.45, 2.75) is 10.6 Å². The molecule has 0 radical (unpaired) electrons. The van der Waals surface area contributed by atoms with Crippen LogP contribution in [0.4, 0.5) is 10.1 Å². The number of hydrogen-bond acceptors (Lipinski definition) is 4. The number of nitrogens with zero attached hydrogens (tertiary/aromatic N) is 1. The number of halogens is 1. The summed E-state index contributed by atoms with van der Waals surface area (Å²) in [5.41, 5.74) is 2.55. The zero-order chi connectivity index (χ0) is 20.1. The van der Waals surface area contributed by atoms with Crippen molar-refractivity contribution in [3.05, 3.63) is 102 Å². The number of aromatic nitrogens is 1. The van der Waals surface area contributed by atoms with Gasteiger partial charge in [0.2, 0.25) is 0 Å². The number of thioether (sulfide) groups is 1. The summed E-state index contributed by atoms with van der Waals surface area (Å²) in [6, 6.07) is 20.8. The maximum absolute atomic E-state index is 13.0. The number of amides is 1. The van der Waals surface area contributed by atoms with Crippen LogP contribution in [0.3, 0.4) is 0 Å². The van der Waals surface area contributed by atoms with Gasteiger partial charge in [-0.15, -0.1) is 11.8 Å². The molecule has 4 rings (SSSR count). The van der Waals surface area contributed by atoms with E-state index in [2.05, 4.69) is 10.3 Å². The van der Waals surface area contributed by atoms with Gasteiger partial charge in [0.05, 0.1) is 0 Å². The summed E-state index contributed by atoms with van der Waals surface area (Å²) >= 11 is 1.70. The van der Waals surface area contributed by atoms with Gasteiger partial charge in [-0.05, 0) is 72.3 Å². The first kappa shape index (κ1) is 19.0. The topological polar surface area (TPSA) is 55.1 Å². The first-order chi connectivity index (χ1) is 14.2. The number of benzene rings is 2. The number of carbonyl (C=O) groups excluding carboxylic acids is 1. The Morgan fingerprint density at radius 1 is 1.00 bits per heavy atom. The minimum atomic E-state index is -0.339. The fourth-order valence-electron chi connectivity index (χ4n) is 2.71. The Kier molecular flexibility index (Phi) is 5.72. The second-order valence-electron chi connectivity index (χ2n) is 6.30. The molecule has 1 N–H and O–H groups in total. The van der Waals surface area contributed by atoms with Crippen LogP contribution in [0.2, 0.25) is 0 Å². The van der Waals surface area contributed by atoms with Crippen LogP contribution in [0.25, 0.3) is 11.3 Å². The molecule has 0 fully saturated rings. The number of rotatable bonds is 6. The third-order valence-corrected chi connectivity index (χ3v) is 5.28. The summed E-state index contributed by atoms with van der Waals surface area (Å²) in [6.07, 6.45) is 3.61. The molecule has 4 nitrogen and oxygen atoms in total. The monoisotopic (exact) mass is 404 g/mol. The molecule has 0 aliphatic rings. The zero-order valence-electron chi connectivity index (χ0n) is 15.3. The van der Waals surface area contributed by atoms with E-state index in [9.17, 15) is 9.18 Å². The smallest absolute Gasteiger partial charge is 0.291 e. The molecular formula is C23H17FN2O2S. The molecule has 0 aliphatic heterocycles. The Labute approximate surface area is 171 Å². The average molecular weight is 404 g/mol. The van der Waals surface area contributed by atoms with Gasteiger partial charge in [0, 0.05) is 34.3 Å². The van der Waals surface area contributed by atoms with Gasteiger partial charge in [0.25, 0.3) is 5.91 Å². The molecule has 0 atom stereocenters. The van der Waals surface area contributed by atoms with E-state index in [1.807, 2.05) is 42.6 Å². The van der Waals surface area contributed by atoms with Crippen molar-refractivity contribution in [3.63, 3.8) is 0 Å². The largest absolute Gasteiger partial charge is 0.451 e. The molecule has 6 heteroatoms. The first-order valence-electron chi connectivity index (χ1n) is 8.96. The Hall–Kier alpha value is -3.38. The average Bonchev–Trinajstić information content (AvgIpc) is 3.25. The lowest BCUT2D eigenvalue weighted by Gasteiger charge is -2.05. The normalized spacial score (nSPS) is 10.7. The molecule has 0 unspecified atom stereocenters. The van der Waals surface area contributed by atoms with E-state index < -0.39 is 0 Å². The van der Waals surface area contributed by atoms with Gasteiger partial charge in [-0.2, -0.15) is 0 Å². The molecule has 2 aromatic carbocycles. The van der Waals surface area contributed by atoms with Crippen LogP contribution in [0.15, 0.2) is 94.5 Å². The van der Waals surface area contributed by atoms with E-state index in [1.54, 1.807) is 42.2 Å². The second kappa shape index (κ2) is 8.75. The predicted molar refractivity (Wildman–Crippen MR) is 112 cm³/mol. The van der Waals surface area contributed by atoms with E-state index in [0.717, 1.165) is 16.2 Å². The highest BCUT2D eigenvalue weighted by Gasteiger charge is 2.12. The molecule has 4 aromatic rings. The maximum atomic E-state index is 13.0. The van der Waals surface area contributed by atoms with Crippen molar-refractivity contribution in [1.29, 1.82) is 0 Å². The summed E-state index contributed by atoms with van der Waals surface area (Å²) < 4.78 is 18.7. The van der Waals surface area contributed by atoms with Crippen molar-refractivity contribution in [3.8, 4) is 11.3 Å². The molecule has 0 saturated carbocycles. The Morgan fingerprint density at radius 3 is 2.52 bits per heavy atom. The molecule has 29 heavy (non-hydrogen) atoms. The SMILES string of the molecule is O=C(Nc1ccc(SCc2cccnc2)cc1)c1ccc(-c2ccc(F)cc2)o1. The molecular weight excluding hydrogens is 387 g/mol. The van der Waals surface area contributed by atoms with Gasteiger partial charge >= 0.3 is 0 Å². The third-order valence-electron chi connectivity index (χ3n) is 4.20. The lowest BCUT2D eigenvalue weighted by atomic mass is 10.2. The van der Waals surface area contributed by atoms with Crippen LogP contribution >= 0.6 is 11.8 Å². The van der Waals surface area contributed by atoms with Crippen LogP contribution in [-0.2, 0) is 5.75 Å². The van der Waals surface area contributed by atoms with Gasteiger partial charge in [-0.3, -0.25) is 9.78 Å². The highest BCUT2D eigenvalue weighted by atomic mass is 32.2. The Bertz CT molecular complexity index is 1090. The number of hydrogen-bond donors (Lipinski definition) is 1. The maximum Gasteiger partial charge on any atom is 0.291 e. The molecule has 0 bridgehead atoms. The number of anilines is 1. The standard InChI is InChI=1S/C23H17FN2O2S/c24-18-5-3-17(4-6-18)21-11-12-22(28-21)23(27)26-19-7-9-20(10-8-19)29-15-16-2-1-13-25-14-16/h1-14H,15H2,(H,26,27). The van der Waals surface area contributed by atoms with Gasteiger partial charge < -0.3 is 9.73 Å². The fourth-order valence-corrected chi connectivity index (χ4v) is 3.54. The van der Waals surface area contributed by atoms with Crippen LogP contribution < -0.4 is 5.32 Å². The van der Waals surface area contributed by atoms with Crippen molar-refractivity contribution in [1.82, 2.24) is 4.98 Å². The zero-order valence-corrected chi connectivity index (χ0v) is 16.2. The van der Waals surface area contributed by atoms with Crippen molar-refractivity contribution >= 4 is 23.4 Å². The van der Waals surface area contributed by atoms with Gasteiger partial charge in [0.15, 0.2) is 5.76 Å². The van der Waals surface area contributed by atoms with Crippen LogP contribution in [-0.4, -0.2) is 10.9 Å². The quantitative estimate of drug-likeness (QED) is 0.399. The van der Waals surface area contributed by atoms with E-state index in [4.69, 9.17) is 4.42 Å². The van der Waals surface area contributed by atoms with Gasteiger partial charge in [-0.25, -0.2) is 4.39 Å². The minimum absolute atomic E-state index is 0.194. The molecule has 144 valence electrons. The van der Waals surface area contributed by atoms with Crippen molar-refractivity contribution in [2.75, 3.05) is 5.32 Å². The number of nitrogens with one attached hydrogen (secondary N) is 1. The second-order valence-corrected chi connectivity index (χ2v) is 7.35.